The van der Waals surface area contributed by atoms with Crippen molar-refractivity contribution in [1.29, 1.82) is 0 Å². The van der Waals surface area contributed by atoms with E-state index in [4.69, 9.17) is 4.74 Å². The van der Waals surface area contributed by atoms with Gasteiger partial charge in [0, 0.05) is 17.5 Å². The van der Waals surface area contributed by atoms with Crippen molar-refractivity contribution < 1.29 is 9.53 Å². The number of carbonyl (C=O) groups excluding carboxylic acids is 1. The van der Waals surface area contributed by atoms with E-state index in [2.05, 4.69) is 45.1 Å². The largest absolute Gasteiger partial charge is 0.487 e. The summed E-state index contributed by atoms with van der Waals surface area (Å²) in [6, 6.07) is 12.1. The predicted octanol–water partition coefficient (Wildman–Crippen LogP) is 5.42. The highest BCUT2D eigenvalue weighted by molar-refractivity contribution is 5.96. The van der Waals surface area contributed by atoms with Crippen molar-refractivity contribution in [3.63, 3.8) is 0 Å². The number of amides is 1. The van der Waals surface area contributed by atoms with Crippen molar-refractivity contribution in [3.05, 3.63) is 64.2 Å². The van der Waals surface area contributed by atoms with E-state index in [1.165, 1.54) is 5.56 Å². The highest BCUT2D eigenvalue weighted by Gasteiger charge is 2.39. The predicted molar refractivity (Wildman–Crippen MR) is 106 cm³/mol. The zero-order chi connectivity index (χ0) is 18.9. The summed E-state index contributed by atoms with van der Waals surface area (Å²) in [6.07, 6.45) is 2.65. The molecule has 2 aromatic rings. The van der Waals surface area contributed by atoms with Gasteiger partial charge in [-0.3, -0.25) is 4.79 Å². The number of benzene rings is 2. The smallest absolute Gasteiger partial charge is 0.252 e. The number of para-hydroxylation sites is 1. The second-order valence-corrected chi connectivity index (χ2v) is 7.51. The fourth-order valence-corrected chi connectivity index (χ4v) is 3.87. The molecule has 3 rings (SSSR count). The number of ether oxygens (including phenoxy) is 1. The molecule has 0 aromatic heterocycles. The zero-order valence-electron chi connectivity index (χ0n) is 16.5. The summed E-state index contributed by atoms with van der Waals surface area (Å²) in [5, 5.41) is 3.28. The van der Waals surface area contributed by atoms with Gasteiger partial charge in [0.2, 0.25) is 0 Å². The van der Waals surface area contributed by atoms with Gasteiger partial charge in [-0.2, -0.15) is 0 Å². The molecule has 1 aliphatic heterocycles. The molecule has 0 saturated carbocycles. The molecule has 0 saturated heterocycles. The Morgan fingerprint density at radius 2 is 1.73 bits per heavy atom. The lowest BCUT2D eigenvalue weighted by Crippen LogP contribution is -2.44. The summed E-state index contributed by atoms with van der Waals surface area (Å²) in [5.41, 5.74) is 4.99. The van der Waals surface area contributed by atoms with Crippen molar-refractivity contribution in [1.82, 2.24) is 5.32 Å². The maximum Gasteiger partial charge on any atom is 0.252 e. The second-order valence-electron chi connectivity index (χ2n) is 7.51. The molecule has 3 nitrogen and oxygen atoms in total. The number of fused-ring (bicyclic) bond motifs is 1. The standard InChI is InChI=1S/C23H29NO2/c1-6-23(7-2)14-20(18-10-8-9-11-21(18)26-23)24-22(25)19-13-16(4)15(3)12-17(19)5/h8-13,20H,6-7,14H2,1-5H3,(H,24,25). The number of hydrogen-bond acceptors (Lipinski definition) is 2. The van der Waals surface area contributed by atoms with E-state index in [1.807, 2.05) is 31.2 Å². The lowest BCUT2D eigenvalue weighted by Gasteiger charge is -2.41. The highest BCUT2D eigenvalue weighted by Crippen LogP contribution is 2.42. The normalized spacial score (nSPS) is 18.0. The first kappa shape index (κ1) is 18.5. The van der Waals surface area contributed by atoms with E-state index < -0.39 is 0 Å². The van der Waals surface area contributed by atoms with Crippen molar-refractivity contribution >= 4 is 5.91 Å². The number of aryl methyl sites for hydroxylation is 3. The monoisotopic (exact) mass is 351 g/mol. The number of nitrogens with one attached hydrogen (secondary N) is 1. The molecule has 1 heterocycles. The molecule has 2 aromatic carbocycles. The molecule has 0 fully saturated rings. The molecule has 1 amide bonds. The number of rotatable bonds is 4. The molecule has 26 heavy (non-hydrogen) atoms. The van der Waals surface area contributed by atoms with Crippen LogP contribution >= 0.6 is 0 Å². The molecule has 0 aliphatic carbocycles. The van der Waals surface area contributed by atoms with Gasteiger partial charge in [-0.05, 0) is 62.4 Å². The van der Waals surface area contributed by atoms with Crippen LogP contribution in [0.5, 0.6) is 5.75 Å². The van der Waals surface area contributed by atoms with E-state index in [0.717, 1.165) is 47.3 Å². The van der Waals surface area contributed by atoms with Gasteiger partial charge in [0.25, 0.3) is 5.91 Å². The van der Waals surface area contributed by atoms with Crippen LogP contribution < -0.4 is 10.1 Å². The lowest BCUT2D eigenvalue weighted by atomic mass is 9.83. The summed E-state index contributed by atoms with van der Waals surface area (Å²) < 4.78 is 6.34. The Kier molecular flexibility index (Phi) is 5.08. The van der Waals surface area contributed by atoms with E-state index in [-0.39, 0.29) is 17.6 Å². The molecular weight excluding hydrogens is 322 g/mol. The van der Waals surface area contributed by atoms with Gasteiger partial charge < -0.3 is 10.1 Å². The summed E-state index contributed by atoms with van der Waals surface area (Å²) in [5.74, 6) is 0.887. The van der Waals surface area contributed by atoms with Crippen LogP contribution in [0.4, 0.5) is 0 Å². The Bertz CT molecular complexity index is 821. The van der Waals surface area contributed by atoms with Crippen LogP contribution in [0.3, 0.4) is 0 Å². The Morgan fingerprint density at radius 1 is 1.08 bits per heavy atom. The molecule has 0 radical (unpaired) electrons. The van der Waals surface area contributed by atoms with Gasteiger partial charge in [0.1, 0.15) is 11.4 Å². The third-order valence-corrected chi connectivity index (χ3v) is 5.88. The molecule has 138 valence electrons. The maximum absolute atomic E-state index is 13.0. The summed E-state index contributed by atoms with van der Waals surface area (Å²) >= 11 is 0. The Labute approximate surface area is 156 Å². The van der Waals surface area contributed by atoms with E-state index >= 15 is 0 Å². The van der Waals surface area contributed by atoms with Crippen LogP contribution in [-0.2, 0) is 0 Å². The second kappa shape index (κ2) is 7.14. The molecule has 3 heteroatoms. The van der Waals surface area contributed by atoms with Gasteiger partial charge in [-0.1, -0.05) is 38.1 Å². The molecule has 1 aliphatic rings. The summed E-state index contributed by atoms with van der Waals surface area (Å²) in [4.78, 5) is 13.0. The van der Waals surface area contributed by atoms with Crippen molar-refractivity contribution in [2.24, 2.45) is 0 Å². The van der Waals surface area contributed by atoms with Gasteiger partial charge >= 0.3 is 0 Å². The quantitative estimate of drug-likeness (QED) is 0.798. The molecular formula is C23H29NO2. The van der Waals surface area contributed by atoms with Crippen LogP contribution in [0.15, 0.2) is 36.4 Å². The van der Waals surface area contributed by atoms with E-state index in [1.54, 1.807) is 0 Å². The minimum atomic E-state index is -0.218. The third-order valence-electron chi connectivity index (χ3n) is 5.88. The summed E-state index contributed by atoms with van der Waals surface area (Å²) in [7, 11) is 0. The molecule has 1 atom stereocenters. The third kappa shape index (κ3) is 3.35. The summed E-state index contributed by atoms with van der Waals surface area (Å²) in [6.45, 7) is 10.4. The highest BCUT2D eigenvalue weighted by atomic mass is 16.5. The first-order chi connectivity index (χ1) is 12.4. The first-order valence-corrected chi connectivity index (χ1v) is 9.55. The van der Waals surface area contributed by atoms with Crippen LogP contribution in [-0.4, -0.2) is 11.5 Å². The fraction of sp³-hybridized carbons (Fsp3) is 0.435. The lowest BCUT2D eigenvalue weighted by molar-refractivity contribution is 0.0227. The minimum Gasteiger partial charge on any atom is -0.487 e. The minimum absolute atomic E-state index is 0.00610. The Hall–Kier alpha value is -2.29. The van der Waals surface area contributed by atoms with Gasteiger partial charge in [0.15, 0.2) is 0 Å². The van der Waals surface area contributed by atoms with E-state index in [0.29, 0.717) is 0 Å². The number of hydrogen-bond donors (Lipinski definition) is 1. The molecule has 0 bridgehead atoms. The maximum atomic E-state index is 13.0. The van der Waals surface area contributed by atoms with Crippen LogP contribution in [0.1, 0.15) is 71.8 Å². The average Bonchev–Trinajstić information content (AvgIpc) is 2.64. The topological polar surface area (TPSA) is 38.3 Å². The van der Waals surface area contributed by atoms with Crippen molar-refractivity contribution in [2.45, 2.75) is 65.5 Å². The van der Waals surface area contributed by atoms with Crippen molar-refractivity contribution in [2.75, 3.05) is 0 Å². The van der Waals surface area contributed by atoms with E-state index in [9.17, 15) is 4.79 Å². The SMILES string of the molecule is CCC1(CC)CC(NC(=O)c2cc(C)c(C)cc2C)c2ccccc2O1. The van der Waals surface area contributed by atoms with Gasteiger partial charge in [-0.25, -0.2) is 0 Å². The van der Waals surface area contributed by atoms with Crippen LogP contribution in [0.25, 0.3) is 0 Å². The zero-order valence-corrected chi connectivity index (χ0v) is 16.5. The Morgan fingerprint density at radius 3 is 2.42 bits per heavy atom. The van der Waals surface area contributed by atoms with Crippen molar-refractivity contribution in [3.8, 4) is 5.75 Å². The number of carbonyl (C=O) groups is 1. The van der Waals surface area contributed by atoms with Gasteiger partial charge in [-0.15, -0.1) is 0 Å². The Balaban J connectivity index is 1.93. The van der Waals surface area contributed by atoms with Crippen LogP contribution in [0.2, 0.25) is 0 Å². The molecule has 0 spiro atoms. The van der Waals surface area contributed by atoms with Gasteiger partial charge in [0.05, 0.1) is 6.04 Å². The van der Waals surface area contributed by atoms with Crippen LogP contribution in [0, 0.1) is 20.8 Å². The first-order valence-electron chi connectivity index (χ1n) is 9.55. The average molecular weight is 351 g/mol. The fourth-order valence-electron chi connectivity index (χ4n) is 3.87. The molecule has 1 unspecified atom stereocenters. The molecule has 1 N–H and O–H groups in total.